The monoisotopic (exact) mass is 440 g/mol. The van der Waals surface area contributed by atoms with Crippen LogP contribution in [0.25, 0.3) is 0 Å². The summed E-state index contributed by atoms with van der Waals surface area (Å²) in [5, 5.41) is 6.69. The molecule has 6 atom stereocenters. The van der Waals surface area contributed by atoms with Crippen LogP contribution in [0.4, 0.5) is 0 Å². The van der Waals surface area contributed by atoms with Gasteiger partial charge in [0.2, 0.25) is 0 Å². The fourth-order valence-corrected chi connectivity index (χ4v) is 7.63. The fourth-order valence-electron chi connectivity index (χ4n) is 7.45. The highest BCUT2D eigenvalue weighted by molar-refractivity contribution is 6.31. The van der Waals surface area contributed by atoms with Crippen molar-refractivity contribution in [3.8, 4) is 0 Å². The van der Waals surface area contributed by atoms with E-state index in [9.17, 15) is 9.59 Å². The molecule has 0 aromatic heterocycles. The molecule has 0 bridgehead atoms. The molecule has 1 aromatic rings. The van der Waals surface area contributed by atoms with Crippen molar-refractivity contribution in [2.45, 2.75) is 71.8 Å². The van der Waals surface area contributed by atoms with Crippen LogP contribution in [-0.4, -0.2) is 17.9 Å². The van der Waals surface area contributed by atoms with Gasteiger partial charge in [0, 0.05) is 22.0 Å². The summed E-state index contributed by atoms with van der Waals surface area (Å²) >= 11 is 6.20. The van der Waals surface area contributed by atoms with Gasteiger partial charge in [0.15, 0.2) is 0 Å². The quantitative estimate of drug-likeness (QED) is 0.647. The van der Waals surface area contributed by atoms with E-state index in [1.165, 1.54) is 38.5 Å². The molecule has 31 heavy (non-hydrogen) atoms. The molecule has 0 saturated heterocycles. The van der Waals surface area contributed by atoms with Gasteiger partial charge in [-0.15, -0.1) is 0 Å². The number of benzene rings is 1. The van der Waals surface area contributed by atoms with Gasteiger partial charge < -0.3 is 10.6 Å². The standard InChI is InChI=1S/C26H33ClN2O2/c1-15-6-7-16(13-20(15)27)23(30)28-21-14-26(3)19-10-12-25(2)11-4-5-18(25)17(19)8-9-22(26)29-24(21)31/h6-7,13-14,17-19,22H,4-5,8-12H2,1-3H3,(H,28,30)(H,29,31)/t17-,18-,19+,22?,25-,26+/m0/s1. The van der Waals surface area contributed by atoms with Gasteiger partial charge in [0.1, 0.15) is 5.70 Å². The zero-order valence-electron chi connectivity index (χ0n) is 18.8. The minimum absolute atomic E-state index is 0.117. The van der Waals surface area contributed by atoms with Crippen molar-refractivity contribution in [2.75, 3.05) is 0 Å². The van der Waals surface area contributed by atoms with E-state index < -0.39 is 0 Å². The Morgan fingerprint density at radius 3 is 2.71 bits per heavy atom. The number of halogens is 1. The van der Waals surface area contributed by atoms with Crippen molar-refractivity contribution in [2.24, 2.45) is 28.6 Å². The molecule has 0 radical (unpaired) electrons. The first-order chi connectivity index (χ1) is 14.7. The van der Waals surface area contributed by atoms with Crippen LogP contribution < -0.4 is 10.6 Å². The second-order valence-electron chi connectivity index (χ2n) is 10.9. The zero-order chi connectivity index (χ0) is 22.0. The molecular weight excluding hydrogens is 408 g/mol. The molecule has 3 fully saturated rings. The lowest BCUT2D eigenvalue weighted by atomic mass is 9.48. The van der Waals surface area contributed by atoms with Crippen LogP contribution in [0, 0.1) is 35.5 Å². The van der Waals surface area contributed by atoms with Crippen LogP contribution in [-0.2, 0) is 4.79 Å². The highest BCUT2D eigenvalue weighted by atomic mass is 35.5. The minimum Gasteiger partial charge on any atom is -0.347 e. The molecule has 1 unspecified atom stereocenters. The summed E-state index contributed by atoms with van der Waals surface area (Å²) in [6.45, 7) is 6.72. The largest absolute Gasteiger partial charge is 0.347 e. The summed E-state index contributed by atoms with van der Waals surface area (Å²) in [6, 6.07) is 5.40. The van der Waals surface area contributed by atoms with E-state index in [0.29, 0.717) is 27.6 Å². The van der Waals surface area contributed by atoms with E-state index in [0.717, 1.165) is 23.8 Å². The van der Waals surface area contributed by atoms with E-state index in [2.05, 4.69) is 30.6 Å². The van der Waals surface area contributed by atoms with Crippen molar-refractivity contribution in [3.05, 3.63) is 46.1 Å². The molecule has 4 nitrogen and oxygen atoms in total. The number of rotatable bonds is 2. The molecule has 166 valence electrons. The first-order valence-electron chi connectivity index (χ1n) is 11.8. The van der Waals surface area contributed by atoms with Gasteiger partial charge >= 0.3 is 0 Å². The maximum atomic E-state index is 12.9. The molecule has 2 amide bonds. The summed E-state index contributed by atoms with van der Waals surface area (Å²) in [6.07, 6.45) is 10.9. The molecule has 5 heteroatoms. The van der Waals surface area contributed by atoms with Crippen molar-refractivity contribution >= 4 is 23.4 Å². The van der Waals surface area contributed by atoms with E-state index in [1.54, 1.807) is 12.1 Å². The number of carbonyl (C=O) groups excluding carboxylic acids is 2. The van der Waals surface area contributed by atoms with Crippen LogP contribution in [0.3, 0.4) is 0 Å². The Hall–Kier alpha value is -1.81. The van der Waals surface area contributed by atoms with Crippen LogP contribution >= 0.6 is 11.6 Å². The Bertz CT molecular complexity index is 972. The Balaban J connectivity index is 1.43. The zero-order valence-corrected chi connectivity index (χ0v) is 19.5. The van der Waals surface area contributed by atoms with Crippen LogP contribution in [0.1, 0.15) is 74.7 Å². The number of amides is 2. The SMILES string of the molecule is Cc1ccc(C(=O)NC2=C[C@@]3(C)C(CC[C@@H]4[C@H]3CC[C@]3(C)CCC[C@@H]43)NC2=O)cc1Cl. The number of hydrogen-bond donors (Lipinski definition) is 2. The molecular formula is C26H33ClN2O2. The lowest BCUT2D eigenvalue weighted by molar-refractivity contribution is -0.123. The highest BCUT2D eigenvalue weighted by Gasteiger charge is 2.57. The average molecular weight is 441 g/mol. The third-order valence-corrected chi connectivity index (χ3v) is 9.65. The number of nitrogens with one attached hydrogen (secondary N) is 2. The van der Waals surface area contributed by atoms with Crippen LogP contribution in [0.5, 0.6) is 0 Å². The predicted molar refractivity (Wildman–Crippen MR) is 123 cm³/mol. The van der Waals surface area contributed by atoms with Crippen molar-refractivity contribution in [1.82, 2.24) is 10.6 Å². The Morgan fingerprint density at radius 2 is 1.94 bits per heavy atom. The van der Waals surface area contributed by atoms with Gasteiger partial charge in [0.05, 0.1) is 0 Å². The van der Waals surface area contributed by atoms with Crippen molar-refractivity contribution in [1.29, 1.82) is 0 Å². The maximum Gasteiger partial charge on any atom is 0.267 e. The molecule has 2 N–H and O–H groups in total. The summed E-state index contributed by atoms with van der Waals surface area (Å²) in [5.74, 6) is 1.63. The molecule has 0 spiro atoms. The topological polar surface area (TPSA) is 58.2 Å². The van der Waals surface area contributed by atoms with Gasteiger partial charge in [-0.05, 0) is 92.4 Å². The summed E-state index contributed by atoms with van der Waals surface area (Å²) in [7, 11) is 0. The van der Waals surface area contributed by atoms with Gasteiger partial charge in [-0.1, -0.05) is 37.9 Å². The molecule has 4 aliphatic rings. The first-order valence-corrected chi connectivity index (χ1v) is 12.2. The van der Waals surface area contributed by atoms with Gasteiger partial charge in [0.25, 0.3) is 11.8 Å². The average Bonchev–Trinajstić information content (AvgIpc) is 3.13. The Labute approximate surface area is 190 Å². The summed E-state index contributed by atoms with van der Waals surface area (Å²) in [5.41, 5.74) is 2.17. The number of hydrogen-bond acceptors (Lipinski definition) is 2. The van der Waals surface area contributed by atoms with E-state index >= 15 is 0 Å². The highest BCUT2D eigenvalue weighted by Crippen LogP contribution is 2.63. The number of aryl methyl sites for hydroxylation is 1. The minimum atomic E-state index is -0.287. The molecule has 1 aliphatic heterocycles. The fraction of sp³-hybridized carbons (Fsp3) is 0.615. The van der Waals surface area contributed by atoms with E-state index in [1.807, 2.05) is 13.0 Å². The second kappa shape index (κ2) is 7.37. The van der Waals surface area contributed by atoms with Gasteiger partial charge in [-0.3, -0.25) is 9.59 Å². The lowest BCUT2D eigenvalue weighted by Crippen LogP contribution is -2.60. The molecule has 3 saturated carbocycles. The lowest BCUT2D eigenvalue weighted by Gasteiger charge is -2.58. The van der Waals surface area contributed by atoms with E-state index in [-0.39, 0.29) is 23.3 Å². The second-order valence-corrected chi connectivity index (χ2v) is 11.3. The van der Waals surface area contributed by atoms with Crippen LogP contribution in [0.2, 0.25) is 5.02 Å². The van der Waals surface area contributed by atoms with Crippen LogP contribution in [0.15, 0.2) is 30.0 Å². The summed E-state index contributed by atoms with van der Waals surface area (Å²) < 4.78 is 0. The molecule has 1 heterocycles. The first kappa shape index (κ1) is 21.1. The van der Waals surface area contributed by atoms with Crippen molar-refractivity contribution < 1.29 is 9.59 Å². The molecule has 1 aromatic carbocycles. The third-order valence-electron chi connectivity index (χ3n) is 9.24. The summed E-state index contributed by atoms with van der Waals surface area (Å²) in [4.78, 5) is 25.7. The predicted octanol–water partition coefficient (Wildman–Crippen LogP) is 5.39. The smallest absolute Gasteiger partial charge is 0.267 e. The maximum absolute atomic E-state index is 12.9. The third kappa shape index (κ3) is 3.33. The van der Waals surface area contributed by atoms with E-state index in [4.69, 9.17) is 11.6 Å². The van der Waals surface area contributed by atoms with Gasteiger partial charge in [-0.25, -0.2) is 0 Å². The Kier molecular flexibility index (Phi) is 5.00. The Morgan fingerprint density at radius 1 is 1.13 bits per heavy atom. The number of carbonyl (C=O) groups is 2. The molecule has 5 rings (SSSR count). The normalized spacial score (nSPS) is 39.0. The molecule has 3 aliphatic carbocycles. The number of fused-ring (bicyclic) bond motifs is 5. The van der Waals surface area contributed by atoms with Gasteiger partial charge in [-0.2, -0.15) is 0 Å². The van der Waals surface area contributed by atoms with Crippen molar-refractivity contribution in [3.63, 3.8) is 0 Å².